The molecule has 3 N–H and O–H groups in total. The van der Waals surface area contributed by atoms with Crippen molar-refractivity contribution in [2.24, 2.45) is 10.9 Å². The van der Waals surface area contributed by atoms with E-state index in [0.717, 1.165) is 6.54 Å². The number of rotatable bonds is 3. The molecule has 0 radical (unpaired) electrons. The largest absolute Gasteiger partial charge is 0.309 e. The van der Waals surface area contributed by atoms with Crippen LogP contribution in [0.3, 0.4) is 0 Å². The molecule has 8 heavy (non-hydrogen) atoms. The molecule has 0 aliphatic rings. The molecular weight excluding hydrogens is 104 g/mol. The lowest BCUT2D eigenvalue weighted by Gasteiger charge is -2.00. The van der Waals surface area contributed by atoms with Crippen LogP contribution in [-0.2, 0) is 0 Å². The Morgan fingerprint density at radius 1 is 1.88 bits per heavy atom. The second kappa shape index (κ2) is 4.39. The number of hydrazine groups is 1. The van der Waals surface area contributed by atoms with E-state index in [9.17, 15) is 0 Å². The second-order valence-corrected chi connectivity index (χ2v) is 1.42. The first-order valence-corrected chi connectivity index (χ1v) is 2.51. The molecule has 0 aliphatic carbocycles. The Morgan fingerprint density at radius 3 is 2.88 bits per heavy atom. The lowest BCUT2D eigenvalue weighted by molar-refractivity contribution is 0.548. The lowest BCUT2D eigenvalue weighted by Crippen LogP contribution is -2.25. The van der Waals surface area contributed by atoms with Gasteiger partial charge in [-0.15, -0.1) is 0 Å². The fourth-order valence-electron chi connectivity index (χ4n) is 0.223. The fourth-order valence-corrected chi connectivity index (χ4v) is 0.223. The smallest absolute Gasteiger partial charge is 0.125 e. The van der Waals surface area contributed by atoms with Crippen LogP contribution in [0.25, 0.3) is 0 Å². The van der Waals surface area contributed by atoms with Crippen LogP contribution in [-0.4, -0.2) is 24.9 Å². The molecule has 48 valence electrons. The van der Waals surface area contributed by atoms with Crippen molar-refractivity contribution in [1.29, 1.82) is 0 Å². The zero-order valence-electron chi connectivity index (χ0n) is 5.26. The van der Waals surface area contributed by atoms with E-state index in [1.54, 1.807) is 7.05 Å². The van der Waals surface area contributed by atoms with Gasteiger partial charge in [0.25, 0.3) is 0 Å². The highest BCUT2D eigenvalue weighted by molar-refractivity contribution is 5.52. The van der Waals surface area contributed by atoms with Crippen molar-refractivity contribution in [3.8, 4) is 0 Å². The third kappa shape index (κ3) is 5.23. The minimum Gasteiger partial charge on any atom is -0.309 e. The van der Waals surface area contributed by atoms with Gasteiger partial charge in [-0.25, -0.2) is 5.84 Å². The van der Waals surface area contributed by atoms with Crippen LogP contribution in [0.15, 0.2) is 5.10 Å². The molecule has 0 fully saturated rings. The fraction of sp³-hybridized carbons (Fsp3) is 0.750. The monoisotopic (exact) mass is 116 g/mol. The SMILES string of the molecule is CCN/N=C\N(C)N. The summed E-state index contributed by atoms with van der Waals surface area (Å²) in [6.45, 7) is 2.79. The number of nitrogens with one attached hydrogen (secondary N) is 1. The minimum atomic E-state index is 0.824. The maximum absolute atomic E-state index is 5.18. The molecule has 0 aromatic carbocycles. The van der Waals surface area contributed by atoms with Crippen LogP contribution in [0.2, 0.25) is 0 Å². The molecule has 0 atom stereocenters. The number of hydrogen-bond acceptors (Lipinski definition) is 3. The Hall–Kier alpha value is -0.770. The van der Waals surface area contributed by atoms with Gasteiger partial charge in [0.2, 0.25) is 0 Å². The van der Waals surface area contributed by atoms with Crippen molar-refractivity contribution in [2.45, 2.75) is 6.92 Å². The van der Waals surface area contributed by atoms with Crippen LogP contribution in [0, 0.1) is 0 Å². The van der Waals surface area contributed by atoms with Crippen LogP contribution < -0.4 is 11.3 Å². The van der Waals surface area contributed by atoms with Gasteiger partial charge in [0.1, 0.15) is 6.34 Å². The standard InChI is InChI=1S/C4H12N4/c1-3-6-7-4-8(2)5/h4,6H,3,5H2,1-2H3/b7-4-. The first-order chi connectivity index (χ1) is 3.77. The summed E-state index contributed by atoms with van der Waals surface area (Å²) in [5, 5.41) is 5.09. The molecule has 0 heterocycles. The van der Waals surface area contributed by atoms with Crippen molar-refractivity contribution < 1.29 is 0 Å². The molecule has 0 aromatic heterocycles. The topological polar surface area (TPSA) is 53.7 Å². The summed E-state index contributed by atoms with van der Waals surface area (Å²) in [5.41, 5.74) is 2.73. The summed E-state index contributed by atoms with van der Waals surface area (Å²) in [7, 11) is 1.71. The molecule has 0 bridgehead atoms. The minimum absolute atomic E-state index is 0.824. The zero-order chi connectivity index (χ0) is 6.41. The molecule has 0 saturated heterocycles. The van der Waals surface area contributed by atoms with Crippen molar-refractivity contribution in [1.82, 2.24) is 10.4 Å². The third-order valence-corrected chi connectivity index (χ3v) is 0.489. The van der Waals surface area contributed by atoms with Gasteiger partial charge in [0, 0.05) is 13.6 Å². The number of nitrogens with zero attached hydrogens (tertiary/aromatic N) is 2. The summed E-state index contributed by atoms with van der Waals surface area (Å²) in [5.74, 6) is 5.18. The van der Waals surface area contributed by atoms with E-state index >= 15 is 0 Å². The summed E-state index contributed by atoms with van der Waals surface area (Å²) >= 11 is 0. The Balaban J connectivity index is 3.07. The van der Waals surface area contributed by atoms with Crippen molar-refractivity contribution in [2.75, 3.05) is 13.6 Å². The third-order valence-electron chi connectivity index (χ3n) is 0.489. The van der Waals surface area contributed by atoms with Crippen LogP contribution in [0.1, 0.15) is 6.92 Å². The Morgan fingerprint density at radius 2 is 2.50 bits per heavy atom. The number of hydrogen-bond donors (Lipinski definition) is 2. The van der Waals surface area contributed by atoms with Gasteiger partial charge in [0.05, 0.1) is 0 Å². The number of nitrogens with two attached hydrogens (primary N) is 1. The summed E-state index contributed by atoms with van der Waals surface area (Å²) < 4.78 is 0. The first kappa shape index (κ1) is 7.23. The maximum Gasteiger partial charge on any atom is 0.125 e. The van der Waals surface area contributed by atoms with Gasteiger partial charge < -0.3 is 10.4 Å². The van der Waals surface area contributed by atoms with E-state index in [-0.39, 0.29) is 0 Å². The van der Waals surface area contributed by atoms with E-state index in [1.165, 1.54) is 11.3 Å². The average Bonchev–Trinajstić information content (AvgIpc) is 1.66. The molecule has 0 unspecified atom stereocenters. The van der Waals surface area contributed by atoms with Gasteiger partial charge in [0.15, 0.2) is 0 Å². The molecular formula is C4H12N4. The quantitative estimate of drug-likeness (QED) is 0.223. The predicted molar refractivity (Wildman–Crippen MR) is 34.1 cm³/mol. The highest BCUT2D eigenvalue weighted by Crippen LogP contribution is 1.57. The van der Waals surface area contributed by atoms with E-state index in [0.29, 0.717) is 0 Å². The summed E-state index contributed by atoms with van der Waals surface area (Å²) in [6.07, 6.45) is 1.50. The average molecular weight is 116 g/mol. The second-order valence-electron chi connectivity index (χ2n) is 1.42. The zero-order valence-corrected chi connectivity index (χ0v) is 5.26. The van der Waals surface area contributed by atoms with Crippen LogP contribution >= 0.6 is 0 Å². The van der Waals surface area contributed by atoms with Crippen molar-refractivity contribution in [3.05, 3.63) is 0 Å². The van der Waals surface area contributed by atoms with Gasteiger partial charge >= 0.3 is 0 Å². The van der Waals surface area contributed by atoms with Crippen LogP contribution in [0.4, 0.5) is 0 Å². The van der Waals surface area contributed by atoms with E-state index in [1.807, 2.05) is 6.92 Å². The van der Waals surface area contributed by atoms with Gasteiger partial charge in [-0.3, -0.25) is 0 Å². The molecule has 0 saturated carbocycles. The highest BCUT2D eigenvalue weighted by atomic mass is 15.4. The van der Waals surface area contributed by atoms with Gasteiger partial charge in [-0.1, -0.05) is 0 Å². The number of hydrazone groups is 1. The summed E-state index contributed by atoms with van der Waals surface area (Å²) in [6, 6.07) is 0. The molecule has 0 spiro atoms. The molecule has 0 aromatic rings. The highest BCUT2D eigenvalue weighted by Gasteiger charge is 1.72. The van der Waals surface area contributed by atoms with E-state index in [2.05, 4.69) is 10.5 Å². The molecule has 4 heteroatoms. The van der Waals surface area contributed by atoms with E-state index < -0.39 is 0 Å². The molecule has 0 amide bonds. The lowest BCUT2D eigenvalue weighted by atomic mass is 10.8. The van der Waals surface area contributed by atoms with Crippen molar-refractivity contribution >= 4 is 6.34 Å². The van der Waals surface area contributed by atoms with Gasteiger partial charge in [-0.2, -0.15) is 5.10 Å². The predicted octanol–water partition coefficient (Wildman–Crippen LogP) is -0.655. The Bertz CT molecular complexity index is 68.4. The maximum atomic E-state index is 5.18. The van der Waals surface area contributed by atoms with E-state index in [4.69, 9.17) is 5.84 Å². The molecule has 0 aliphatic heterocycles. The van der Waals surface area contributed by atoms with Crippen LogP contribution in [0.5, 0.6) is 0 Å². The Labute approximate surface area is 49.3 Å². The van der Waals surface area contributed by atoms with Gasteiger partial charge in [-0.05, 0) is 6.92 Å². The molecule has 4 nitrogen and oxygen atoms in total. The normalized spacial score (nSPS) is 9.88. The Kier molecular flexibility index (Phi) is 3.97. The first-order valence-electron chi connectivity index (χ1n) is 2.51. The summed E-state index contributed by atoms with van der Waals surface area (Å²) in [4.78, 5) is 0. The van der Waals surface area contributed by atoms with Crippen molar-refractivity contribution in [3.63, 3.8) is 0 Å². The molecule has 0 rings (SSSR count).